The Kier molecular flexibility index (Phi) is 13.7. The molecule has 0 heterocycles. The van der Waals surface area contributed by atoms with Crippen molar-refractivity contribution < 1.29 is 44.1 Å². The first kappa shape index (κ1) is 31.4. The van der Waals surface area contributed by atoms with Crippen LogP contribution < -0.4 is 21.7 Å². The van der Waals surface area contributed by atoms with E-state index in [1.54, 1.807) is 36.6 Å². The molecular formula is C23H32N4O9S. The number of nitrogens with one attached hydrogen (secondary N) is 3. The first-order chi connectivity index (χ1) is 17.4. The number of nitrogens with two attached hydrogens (primary N) is 1. The normalized spacial score (nSPS) is 13.9. The number of amides is 3. The van der Waals surface area contributed by atoms with E-state index in [4.69, 9.17) is 10.8 Å². The lowest BCUT2D eigenvalue weighted by molar-refractivity contribution is -0.143. The van der Waals surface area contributed by atoms with E-state index in [1.807, 2.05) is 0 Å². The molecule has 8 N–H and O–H groups in total. The van der Waals surface area contributed by atoms with Gasteiger partial charge in [0.15, 0.2) is 0 Å². The molecule has 4 atom stereocenters. The van der Waals surface area contributed by atoms with E-state index >= 15 is 0 Å². The van der Waals surface area contributed by atoms with Gasteiger partial charge in [0.1, 0.15) is 18.1 Å². The Morgan fingerprint density at radius 1 is 0.811 bits per heavy atom. The van der Waals surface area contributed by atoms with Crippen molar-refractivity contribution in [3.63, 3.8) is 0 Å². The topological polar surface area (TPSA) is 225 Å². The molecule has 1 aromatic carbocycles. The molecule has 0 fully saturated rings. The number of carbonyl (C=O) groups is 6. The standard InChI is InChI=1S/C23H32N4O9S/c1-37-10-9-15(21(33)27-17(23(35)36)11-13-5-3-2-4-6-13)25-22(34)16(12-19(30)31)26-20(32)14(24)7-8-18(28)29/h2-6,14-17H,7-12,24H2,1H3,(H,25,34)(H,26,32)(H,27,33)(H,28,29)(H,30,31)(H,35,36). The molecule has 0 aliphatic heterocycles. The Labute approximate surface area is 217 Å². The van der Waals surface area contributed by atoms with Crippen LogP contribution >= 0.6 is 11.8 Å². The van der Waals surface area contributed by atoms with E-state index in [1.165, 1.54) is 11.8 Å². The van der Waals surface area contributed by atoms with Crippen LogP contribution in [0.15, 0.2) is 30.3 Å². The monoisotopic (exact) mass is 540 g/mol. The minimum atomic E-state index is -1.61. The minimum absolute atomic E-state index is 0.00294. The quantitative estimate of drug-likeness (QED) is 0.129. The average Bonchev–Trinajstić information content (AvgIpc) is 2.84. The van der Waals surface area contributed by atoms with E-state index in [0.29, 0.717) is 11.3 Å². The van der Waals surface area contributed by atoms with Gasteiger partial charge in [-0.3, -0.25) is 24.0 Å². The molecule has 0 spiro atoms. The highest BCUT2D eigenvalue weighted by atomic mass is 32.2. The fraction of sp³-hybridized carbons (Fsp3) is 0.478. The van der Waals surface area contributed by atoms with E-state index in [-0.39, 0.29) is 19.3 Å². The van der Waals surface area contributed by atoms with Gasteiger partial charge in [0.2, 0.25) is 17.7 Å². The number of carboxylic acids is 3. The Morgan fingerprint density at radius 3 is 1.92 bits per heavy atom. The summed E-state index contributed by atoms with van der Waals surface area (Å²) in [6, 6.07) is 3.21. The van der Waals surface area contributed by atoms with Crippen LogP contribution in [0.4, 0.5) is 0 Å². The Morgan fingerprint density at radius 2 is 1.38 bits per heavy atom. The largest absolute Gasteiger partial charge is 0.481 e. The van der Waals surface area contributed by atoms with Crippen molar-refractivity contribution >= 4 is 47.4 Å². The number of carbonyl (C=O) groups excluding carboxylic acids is 3. The third kappa shape index (κ3) is 12.2. The van der Waals surface area contributed by atoms with Gasteiger partial charge in [-0.15, -0.1) is 0 Å². The Balaban J connectivity index is 2.97. The summed E-state index contributed by atoms with van der Waals surface area (Å²) in [5.74, 6) is -6.18. The van der Waals surface area contributed by atoms with Crippen LogP contribution in [-0.4, -0.2) is 87.1 Å². The summed E-state index contributed by atoms with van der Waals surface area (Å²) in [7, 11) is 0. The Hall–Kier alpha value is -3.65. The molecule has 1 rings (SSSR count). The van der Waals surface area contributed by atoms with Gasteiger partial charge in [-0.2, -0.15) is 11.8 Å². The summed E-state index contributed by atoms with van der Waals surface area (Å²) < 4.78 is 0. The molecule has 37 heavy (non-hydrogen) atoms. The lowest BCUT2D eigenvalue weighted by atomic mass is 10.0. The summed E-state index contributed by atoms with van der Waals surface area (Å²) in [5, 5.41) is 34.5. The van der Waals surface area contributed by atoms with E-state index < -0.39 is 72.6 Å². The van der Waals surface area contributed by atoms with Gasteiger partial charge < -0.3 is 37.0 Å². The van der Waals surface area contributed by atoms with Crippen LogP contribution in [0.25, 0.3) is 0 Å². The number of benzene rings is 1. The second-order valence-electron chi connectivity index (χ2n) is 8.13. The molecule has 0 aromatic heterocycles. The number of hydrogen-bond acceptors (Lipinski definition) is 8. The van der Waals surface area contributed by atoms with Gasteiger partial charge in [0.05, 0.1) is 12.5 Å². The van der Waals surface area contributed by atoms with Crippen molar-refractivity contribution in [2.45, 2.75) is 56.3 Å². The fourth-order valence-corrected chi connectivity index (χ4v) is 3.64. The van der Waals surface area contributed by atoms with Gasteiger partial charge in [0.25, 0.3) is 0 Å². The van der Waals surface area contributed by atoms with Crippen molar-refractivity contribution in [2.75, 3.05) is 12.0 Å². The summed E-state index contributed by atoms with van der Waals surface area (Å²) in [6.45, 7) is 0. The molecule has 0 radical (unpaired) electrons. The van der Waals surface area contributed by atoms with Gasteiger partial charge in [-0.05, 0) is 30.4 Å². The second-order valence-corrected chi connectivity index (χ2v) is 9.12. The molecule has 4 unspecified atom stereocenters. The van der Waals surface area contributed by atoms with E-state index in [0.717, 1.165) is 0 Å². The maximum Gasteiger partial charge on any atom is 0.326 e. The lowest BCUT2D eigenvalue weighted by Crippen LogP contribution is -2.57. The summed E-state index contributed by atoms with van der Waals surface area (Å²) in [4.78, 5) is 71.8. The van der Waals surface area contributed by atoms with E-state index in [2.05, 4.69) is 16.0 Å². The Bertz CT molecular complexity index is 961. The van der Waals surface area contributed by atoms with E-state index in [9.17, 15) is 39.0 Å². The number of thioether (sulfide) groups is 1. The molecule has 1 aromatic rings. The molecule has 3 amide bonds. The molecule has 13 nitrogen and oxygen atoms in total. The van der Waals surface area contributed by atoms with Gasteiger partial charge in [0, 0.05) is 12.8 Å². The van der Waals surface area contributed by atoms with Crippen molar-refractivity contribution in [1.82, 2.24) is 16.0 Å². The van der Waals surface area contributed by atoms with Crippen molar-refractivity contribution in [1.29, 1.82) is 0 Å². The third-order valence-corrected chi connectivity index (χ3v) is 5.80. The van der Waals surface area contributed by atoms with Crippen LogP contribution in [0, 0.1) is 0 Å². The minimum Gasteiger partial charge on any atom is -0.481 e. The molecule has 204 valence electrons. The maximum atomic E-state index is 12.9. The molecular weight excluding hydrogens is 508 g/mol. The highest BCUT2D eigenvalue weighted by Gasteiger charge is 2.31. The predicted octanol–water partition coefficient (Wildman–Crippen LogP) is -0.812. The second kappa shape index (κ2) is 16.2. The summed E-state index contributed by atoms with van der Waals surface area (Å²) in [6.07, 6.45) is 0.387. The van der Waals surface area contributed by atoms with Gasteiger partial charge in [-0.1, -0.05) is 30.3 Å². The van der Waals surface area contributed by atoms with Gasteiger partial charge in [-0.25, -0.2) is 4.79 Å². The predicted molar refractivity (Wildman–Crippen MR) is 134 cm³/mol. The highest BCUT2D eigenvalue weighted by Crippen LogP contribution is 2.07. The first-order valence-electron chi connectivity index (χ1n) is 11.3. The SMILES string of the molecule is CSCCC(NC(=O)C(CC(=O)O)NC(=O)C(N)CCC(=O)O)C(=O)NC(Cc1ccccc1)C(=O)O. The van der Waals surface area contributed by atoms with Crippen LogP contribution in [0.3, 0.4) is 0 Å². The van der Waals surface area contributed by atoms with Crippen molar-refractivity contribution in [2.24, 2.45) is 5.73 Å². The molecule has 0 aliphatic carbocycles. The zero-order valence-electron chi connectivity index (χ0n) is 20.2. The number of carboxylic acid groups (broad SMARTS) is 3. The third-order valence-electron chi connectivity index (χ3n) is 5.16. The highest BCUT2D eigenvalue weighted by molar-refractivity contribution is 7.98. The van der Waals surface area contributed by atoms with Crippen molar-refractivity contribution in [3.8, 4) is 0 Å². The number of rotatable bonds is 17. The summed E-state index contributed by atoms with van der Waals surface area (Å²) in [5.41, 5.74) is 6.30. The first-order valence-corrected chi connectivity index (χ1v) is 12.7. The van der Waals surface area contributed by atoms with Gasteiger partial charge >= 0.3 is 17.9 Å². The van der Waals surface area contributed by atoms with Crippen LogP contribution in [0.1, 0.15) is 31.2 Å². The lowest BCUT2D eigenvalue weighted by Gasteiger charge is -2.24. The average molecular weight is 541 g/mol. The zero-order chi connectivity index (χ0) is 28.0. The summed E-state index contributed by atoms with van der Waals surface area (Å²) >= 11 is 1.37. The smallest absolute Gasteiger partial charge is 0.326 e. The van der Waals surface area contributed by atoms with Crippen molar-refractivity contribution in [3.05, 3.63) is 35.9 Å². The molecule has 0 bridgehead atoms. The molecule has 0 saturated carbocycles. The number of hydrogen-bond donors (Lipinski definition) is 7. The van der Waals surface area contributed by atoms with Crippen LogP contribution in [0.5, 0.6) is 0 Å². The molecule has 0 saturated heterocycles. The zero-order valence-corrected chi connectivity index (χ0v) is 21.0. The fourth-order valence-electron chi connectivity index (χ4n) is 3.17. The van der Waals surface area contributed by atoms with Crippen LogP contribution in [-0.2, 0) is 35.2 Å². The molecule has 0 aliphatic rings. The van der Waals surface area contributed by atoms with Crippen LogP contribution in [0.2, 0.25) is 0 Å². The number of aliphatic carboxylic acids is 3. The maximum absolute atomic E-state index is 12.9. The molecule has 14 heteroatoms.